The number of aryl methyl sites for hydroxylation is 1. The van der Waals surface area contributed by atoms with Gasteiger partial charge >= 0.3 is 0 Å². The van der Waals surface area contributed by atoms with Gasteiger partial charge in [0.25, 0.3) is 0 Å². The van der Waals surface area contributed by atoms with Gasteiger partial charge in [-0.3, -0.25) is 4.99 Å². The van der Waals surface area contributed by atoms with E-state index < -0.39 is 0 Å². The summed E-state index contributed by atoms with van der Waals surface area (Å²) in [5.41, 5.74) is 5.52. The summed E-state index contributed by atoms with van der Waals surface area (Å²) in [6.45, 7) is 4.67. The molecule has 0 bridgehead atoms. The molecule has 4 aromatic carbocycles. The van der Waals surface area contributed by atoms with Crippen LogP contribution in [0.15, 0.2) is 83.9 Å². The molecule has 0 N–H and O–H groups in total. The zero-order valence-electron chi connectivity index (χ0n) is 17.6. The first-order valence-electron chi connectivity index (χ1n) is 10.0. The second kappa shape index (κ2) is 8.83. The zero-order valence-corrected chi connectivity index (χ0v) is 17.6. The van der Waals surface area contributed by atoms with Crippen LogP contribution < -0.4 is 9.47 Å². The van der Waals surface area contributed by atoms with Gasteiger partial charge in [-0.2, -0.15) is 0 Å². The number of ether oxygens (including phenoxy) is 2. The van der Waals surface area contributed by atoms with Gasteiger partial charge in [0.05, 0.1) is 12.8 Å². The lowest BCUT2D eigenvalue weighted by atomic mass is 10.1. The molecule has 30 heavy (non-hydrogen) atoms. The van der Waals surface area contributed by atoms with Gasteiger partial charge in [0.1, 0.15) is 6.61 Å². The third-order valence-electron chi connectivity index (χ3n) is 5.38. The van der Waals surface area contributed by atoms with Crippen molar-refractivity contribution in [1.82, 2.24) is 0 Å². The Bertz CT molecular complexity index is 1210. The highest BCUT2D eigenvalue weighted by atomic mass is 16.5. The fourth-order valence-electron chi connectivity index (χ4n) is 3.48. The van der Waals surface area contributed by atoms with Crippen molar-refractivity contribution in [1.29, 1.82) is 0 Å². The number of nitrogens with zero attached hydrogens (tertiary/aromatic N) is 1. The minimum Gasteiger partial charge on any atom is -0.493 e. The highest BCUT2D eigenvalue weighted by Gasteiger charge is 2.07. The summed E-state index contributed by atoms with van der Waals surface area (Å²) in [5, 5.41) is 2.42. The normalized spacial score (nSPS) is 11.2. The Kier molecular flexibility index (Phi) is 5.80. The summed E-state index contributed by atoms with van der Waals surface area (Å²) in [6, 6.07) is 26.6. The predicted molar refractivity (Wildman–Crippen MR) is 124 cm³/mol. The van der Waals surface area contributed by atoms with Gasteiger partial charge in [0.2, 0.25) is 0 Å². The molecule has 0 aliphatic heterocycles. The monoisotopic (exact) mass is 395 g/mol. The zero-order chi connectivity index (χ0) is 20.9. The molecule has 0 radical (unpaired) electrons. The van der Waals surface area contributed by atoms with Crippen molar-refractivity contribution in [3.8, 4) is 11.5 Å². The molecule has 0 saturated heterocycles. The van der Waals surface area contributed by atoms with E-state index in [1.165, 1.54) is 21.9 Å². The van der Waals surface area contributed by atoms with Crippen molar-refractivity contribution in [2.24, 2.45) is 4.99 Å². The van der Waals surface area contributed by atoms with Gasteiger partial charge in [0, 0.05) is 6.21 Å². The maximum atomic E-state index is 6.11. The predicted octanol–water partition coefficient (Wildman–Crippen LogP) is 6.79. The Balaban J connectivity index is 1.54. The third kappa shape index (κ3) is 4.20. The van der Waals surface area contributed by atoms with E-state index in [2.05, 4.69) is 67.4 Å². The van der Waals surface area contributed by atoms with E-state index in [1.807, 2.05) is 36.5 Å². The van der Waals surface area contributed by atoms with Crippen LogP contribution in [0, 0.1) is 13.8 Å². The number of aliphatic imine (C=N–C) groups is 1. The van der Waals surface area contributed by atoms with Crippen LogP contribution in [-0.2, 0) is 6.61 Å². The van der Waals surface area contributed by atoms with Gasteiger partial charge in [-0.1, -0.05) is 54.6 Å². The molecule has 0 amide bonds. The topological polar surface area (TPSA) is 30.8 Å². The molecule has 0 spiro atoms. The number of fused-ring (bicyclic) bond motifs is 1. The van der Waals surface area contributed by atoms with E-state index >= 15 is 0 Å². The van der Waals surface area contributed by atoms with E-state index in [4.69, 9.17) is 9.47 Å². The molecule has 0 saturated carbocycles. The molecule has 3 heteroatoms. The highest BCUT2D eigenvalue weighted by Crippen LogP contribution is 2.30. The molecule has 150 valence electrons. The van der Waals surface area contributed by atoms with Crippen LogP contribution in [0.2, 0.25) is 0 Å². The average molecular weight is 396 g/mol. The van der Waals surface area contributed by atoms with Crippen molar-refractivity contribution in [2.45, 2.75) is 20.5 Å². The van der Waals surface area contributed by atoms with Gasteiger partial charge in [-0.25, -0.2) is 0 Å². The standard InChI is InChI=1S/C27H25NO2/c1-19-8-6-13-25(20(19)2)28-17-21-14-15-26(27(16-21)29-3)30-18-23-11-7-10-22-9-4-5-12-24(22)23/h4-17H,18H2,1-3H3. The van der Waals surface area contributed by atoms with Crippen LogP contribution in [0.5, 0.6) is 11.5 Å². The van der Waals surface area contributed by atoms with E-state index in [1.54, 1.807) is 7.11 Å². The molecular weight excluding hydrogens is 370 g/mol. The van der Waals surface area contributed by atoms with Gasteiger partial charge in [-0.05, 0) is 71.1 Å². The summed E-state index contributed by atoms with van der Waals surface area (Å²) in [7, 11) is 1.66. The molecule has 4 aromatic rings. The SMILES string of the molecule is COc1cc(C=Nc2cccc(C)c2C)ccc1OCc1cccc2ccccc12. The Labute approximate surface area is 177 Å². The molecule has 0 unspecified atom stereocenters. The number of benzene rings is 4. The second-order valence-electron chi connectivity index (χ2n) is 7.31. The van der Waals surface area contributed by atoms with Crippen molar-refractivity contribution >= 4 is 22.7 Å². The number of hydrogen-bond donors (Lipinski definition) is 0. The summed E-state index contributed by atoms with van der Waals surface area (Å²) >= 11 is 0. The Morgan fingerprint density at radius 2 is 1.63 bits per heavy atom. The molecular formula is C27H25NO2. The Morgan fingerprint density at radius 3 is 2.50 bits per heavy atom. The van der Waals surface area contributed by atoms with E-state index in [0.29, 0.717) is 18.1 Å². The fourth-order valence-corrected chi connectivity index (χ4v) is 3.48. The maximum absolute atomic E-state index is 6.11. The minimum absolute atomic E-state index is 0.480. The molecule has 0 aromatic heterocycles. The van der Waals surface area contributed by atoms with E-state index in [-0.39, 0.29) is 0 Å². The minimum atomic E-state index is 0.480. The summed E-state index contributed by atoms with van der Waals surface area (Å²) in [4.78, 5) is 4.65. The van der Waals surface area contributed by atoms with Crippen LogP contribution in [0.1, 0.15) is 22.3 Å². The molecule has 0 heterocycles. The number of rotatable bonds is 6. The van der Waals surface area contributed by atoms with Crippen LogP contribution >= 0.6 is 0 Å². The first-order chi connectivity index (χ1) is 14.7. The van der Waals surface area contributed by atoms with Crippen molar-refractivity contribution in [3.63, 3.8) is 0 Å². The number of hydrogen-bond acceptors (Lipinski definition) is 3. The third-order valence-corrected chi connectivity index (χ3v) is 5.38. The average Bonchev–Trinajstić information content (AvgIpc) is 2.79. The molecule has 0 fully saturated rings. The van der Waals surface area contributed by atoms with Crippen LogP contribution in [0.25, 0.3) is 10.8 Å². The van der Waals surface area contributed by atoms with Crippen molar-refractivity contribution in [2.75, 3.05) is 7.11 Å². The lowest BCUT2D eigenvalue weighted by molar-refractivity contribution is 0.285. The Hall–Kier alpha value is -3.59. The lowest BCUT2D eigenvalue weighted by Crippen LogP contribution is -1.99. The largest absolute Gasteiger partial charge is 0.493 e. The molecule has 3 nitrogen and oxygen atoms in total. The van der Waals surface area contributed by atoms with E-state index in [9.17, 15) is 0 Å². The van der Waals surface area contributed by atoms with Gasteiger partial charge in [-0.15, -0.1) is 0 Å². The number of methoxy groups -OCH3 is 1. The summed E-state index contributed by atoms with van der Waals surface area (Å²) in [5.74, 6) is 1.41. The highest BCUT2D eigenvalue weighted by molar-refractivity contribution is 5.85. The van der Waals surface area contributed by atoms with Crippen LogP contribution in [0.4, 0.5) is 5.69 Å². The second-order valence-corrected chi connectivity index (χ2v) is 7.31. The van der Waals surface area contributed by atoms with E-state index in [0.717, 1.165) is 16.8 Å². The summed E-state index contributed by atoms with van der Waals surface area (Å²) in [6.07, 6.45) is 1.86. The molecule has 0 atom stereocenters. The molecule has 0 aliphatic carbocycles. The first-order valence-corrected chi connectivity index (χ1v) is 10.0. The smallest absolute Gasteiger partial charge is 0.161 e. The van der Waals surface area contributed by atoms with Crippen LogP contribution in [0.3, 0.4) is 0 Å². The quantitative estimate of drug-likeness (QED) is 0.336. The van der Waals surface area contributed by atoms with Gasteiger partial charge in [0.15, 0.2) is 11.5 Å². The first kappa shape index (κ1) is 19.7. The van der Waals surface area contributed by atoms with Crippen molar-refractivity contribution < 1.29 is 9.47 Å². The lowest BCUT2D eigenvalue weighted by Gasteiger charge is -2.13. The molecule has 0 aliphatic rings. The molecule has 4 rings (SSSR count). The summed E-state index contributed by atoms with van der Waals surface area (Å²) < 4.78 is 11.7. The maximum Gasteiger partial charge on any atom is 0.161 e. The Morgan fingerprint density at radius 1 is 0.833 bits per heavy atom. The van der Waals surface area contributed by atoms with Crippen molar-refractivity contribution in [3.05, 3.63) is 101 Å². The van der Waals surface area contributed by atoms with Crippen LogP contribution in [-0.4, -0.2) is 13.3 Å². The fraction of sp³-hybridized carbons (Fsp3) is 0.148. The van der Waals surface area contributed by atoms with Gasteiger partial charge < -0.3 is 9.47 Å².